The first-order chi connectivity index (χ1) is 22.7. The number of rotatable bonds is 10. The monoisotopic (exact) mass is 651 g/mol. The number of sulfonamides is 1. The quantitative estimate of drug-likeness (QED) is 0.157. The van der Waals surface area contributed by atoms with Gasteiger partial charge in [0.25, 0.3) is 0 Å². The molecule has 0 fully saturated rings. The van der Waals surface area contributed by atoms with E-state index in [0.717, 1.165) is 17.4 Å². The van der Waals surface area contributed by atoms with E-state index in [0.29, 0.717) is 51.9 Å². The van der Waals surface area contributed by atoms with Crippen LogP contribution in [-0.4, -0.2) is 49.8 Å². The largest absolute Gasteiger partial charge is 0.335 e. The zero-order valence-electron chi connectivity index (χ0n) is 24.9. The molecule has 11 nitrogen and oxygen atoms in total. The lowest BCUT2D eigenvalue weighted by atomic mass is 10.0. The molecule has 0 unspecified atom stereocenters. The van der Waals surface area contributed by atoms with Crippen LogP contribution in [0, 0.1) is 11.6 Å². The number of nitrogens with one attached hydrogen (secondary N) is 4. The van der Waals surface area contributed by atoms with Crippen LogP contribution < -0.4 is 10.0 Å². The molecule has 0 spiro atoms. The lowest BCUT2D eigenvalue weighted by Gasteiger charge is -2.08. The van der Waals surface area contributed by atoms with Gasteiger partial charge in [-0.1, -0.05) is 30.3 Å². The highest BCUT2D eigenvalue weighted by atomic mass is 32.2. The van der Waals surface area contributed by atoms with Gasteiger partial charge in [-0.25, -0.2) is 26.9 Å². The van der Waals surface area contributed by atoms with Gasteiger partial charge in [0.15, 0.2) is 11.6 Å². The molecule has 0 aliphatic heterocycles. The lowest BCUT2D eigenvalue weighted by Crippen LogP contribution is -2.21. The summed E-state index contributed by atoms with van der Waals surface area (Å²) in [4.78, 5) is 20.9. The van der Waals surface area contributed by atoms with Gasteiger partial charge in [0.2, 0.25) is 10.0 Å². The standard InChI is InChI=1S/C33H27F2N9O2S/c1-47(45,46)40-14-20-7-22(10-24(34)9-20)25-16-38-17-27-31(25)42-33(41-27)32-28-26(43-44-32)18-39-30(29(28)35)23-8-21(13-37-15-23)12-36-11-19-5-3-2-4-6-19/h2-10,13,15-18,36,40H,11-12,14H2,1H3,(H,41,42)(H,43,44). The van der Waals surface area contributed by atoms with Crippen molar-refractivity contribution in [3.8, 4) is 33.9 Å². The molecule has 0 aliphatic rings. The molecule has 5 heterocycles. The van der Waals surface area contributed by atoms with Gasteiger partial charge in [0, 0.05) is 49.4 Å². The average Bonchev–Trinajstić information content (AvgIpc) is 3.69. The number of hydrogen-bond acceptors (Lipinski definition) is 8. The smallest absolute Gasteiger partial charge is 0.209 e. The minimum absolute atomic E-state index is 0.0870. The molecule has 7 aromatic rings. The van der Waals surface area contributed by atoms with Crippen LogP contribution in [0.15, 0.2) is 85.6 Å². The van der Waals surface area contributed by atoms with Gasteiger partial charge in [-0.3, -0.25) is 20.1 Å². The van der Waals surface area contributed by atoms with Crippen LogP contribution in [0.5, 0.6) is 0 Å². The first-order valence-electron chi connectivity index (χ1n) is 14.5. The Balaban J connectivity index is 1.22. The second-order valence-electron chi connectivity index (χ2n) is 11.1. The number of H-pyrrole nitrogens is 2. The molecule has 0 aliphatic carbocycles. The van der Waals surface area contributed by atoms with Crippen LogP contribution in [0.2, 0.25) is 0 Å². The minimum atomic E-state index is -3.48. The minimum Gasteiger partial charge on any atom is -0.335 e. The van der Waals surface area contributed by atoms with Crippen molar-refractivity contribution in [1.29, 1.82) is 0 Å². The topological polar surface area (TPSA) is 154 Å². The molecule has 14 heteroatoms. The van der Waals surface area contributed by atoms with E-state index in [2.05, 4.69) is 40.2 Å². The van der Waals surface area contributed by atoms with Gasteiger partial charge >= 0.3 is 0 Å². The summed E-state index contributed by atoms with van der Waals surface area (Å²) in [6, 6.07) is 16.1. The van der Waals surface area contributed by atoms with Gasteiger partial charge in [-0.05, 0) is 46.5 Å². The second kappa shape index (κ2) is 12.4. The molecule has 236 valence electrons. The summed E-state index contributed by atoms with van der Waals surface area (Å²) in [6.07, 6.45) is 8.93. The molecule has 5 aromatic heterocycles. The van der Waals surface area contributed by atoms with Crippen molar-refractivity contribution in [2.45, 2.75) is 19.6 Å². The van der Waals surface area contributed by atoms with E-state index in [1.807, 2.05) is 36.4 Å². The van der Waals surface area contributed by atoms with E-state index < -0.39 is 21.7 Å². The maximum Gasteiger partial charge on any atom is 0.209 e. The van der Waals surface area contributed by atoms with Gasteiger partial charge in [0.1, 0.15) is 17.2 Å². The van der Waals surface area contributed by atoms with Gasteiger partial charge < -0.3 is 10.3 Å². The molecule has 0 amide bonds. The predicted molar refractivity (Wildman–Crippen MR) is 174 cm³/mol. The summed E-state index contributed by atoms with van der Waals surface area (Å²) >= 11 is 0. The molecule has 0 saturated heterocycles. The maximum absolute atomic E-state index is 16.3. The Hall–Kier alpha value is -5.44. The fourth-order valence-electron chi connectivity index (χ4n) is 5.39. The number of fused-ring (bicyclic) bond motifs is 2. The molecule has 0 saturated carbocycles. The second-order valence-corrected chi connectivity index (χ2v) is 12.9. The van der Waals surface area contributed by atoms with E-state index in [9.17, 15) is 12.8 Å². The fraction of sp³-hybridized carbons (Fsp3) is 0.121. The Kier molecular flexibility index (Phi) is 7.97. The molecule has 4 N–H and O–H groups in total. The van der Waals surface area contributed by atoms with Crippen molar-refractivity contribution >= 4 is 32.0 Å². The summed E-state index contributed by atoms with van der Waals surface area (Å²) in [6.45, 7) is 1.13. The van der Waals surface area contributed by atoms with Crippen molar-refractivity contribution < 1.29 is 17.2 Å². The number of hydrogen-bond donors (Lipinski definition) is 4. The summed E-state index contributed by atoms with van der Waals surface area (Å²) in [5.41, 5.74) is 5.59. The highest BCUT2D eigenvalue weighted by molar-refractivity contribution is 7.88. The number of nitrogens with zero attached hydrogens (tertiary/aromatic N) is 5. The van der Waals surface area contributed by atoms with E-state index in [4.69, 9.17) is 4.98 Å². The summed E-state index contributed by atoms with van der Waals surface area (Å²) in [5.74, 6) is -0.871. The highest BCUT2D eigenvalue weighted by Crippen LogP contribution is 2.34. The maximum atomic E-state index is 16.3. The van der Waals surface area contributed by atoms with Crippen LogP contribution >= 0.6 is 0 Å². The van der Waals surface area contributed by atoms with E-state index >= 15 is 4.39 Å². The first kappa shape index (κ1) is 30.2. The molecule has 7 rings (SSSR count). The molecule has 0 atom stereocenters. The summed E-state index contributed by atoms with van der Waals surface area (Å²) in [7, 11) is -3.48. The van der Waals surface area contributed by atoms with Gasteiger partial charge in [0.05, 0.1) is 40.6 Å². The van der Waals surface area contributed by atoms with Crippen LogP contribution in [0.25, 0.3) is 55.8 Å². The van der Waals surface area contributed by atoms with Crippen molar-refractivity contribution in [1.82, 2.24) is 45.2 Å². The van der Waals surface area contributed by atoms with Crippen molar-refractivity contribution in [3.63, 3.8) is 0 Å². The van der Waals surface area contributed by atoms with E-state index in [1.165, 1.54) is 24.5 Å². The van der Waals surface area contributed by atoms with Crippen LogP contribution in [0.4, 0.5) is 8.78 Å². The number of benzene rings is 2. The Morgan fingerprint density at radius 1 is 0.787 bits per heavy atom. The SMILES string of the molecule is CS(=O)(=O)NCc1cc(F)cc(-c2cncc3[nH]c(-c4n[nH]c5cnc(-c6cncc(CNCc7ccccc7)c6)c(F)c45)nc23)c1. The van der Waals surface area contributed by atoms with Crippen molar-refractivity contribution in [2.24, 2.45) is 0 Å². The Morgan fingerprint density at radius 3 is 2.40 bits per heavy atom. The van der Waals surface area contributed by atoms with Crippen LogP contribution in [0.3, 0.4) is 0 Å². The molecule has 0 radical (unpaired) electrons. The molecule has 0 bridgehead atoms. The normalized spacial score (nSPS) is 11.9. The first-order valence-corrected chi connectivity index (χ1v) is 16.4. The Morgan fingerprint density at radius 2 is 1.57 bits per heavy atom. The third-order valence-corrected chi connectivity index (χ3v) is 8.21. The molecule has 2 aromatic carbocycles. The van der Waals surface area contributed by atoms with Gasteiger partial charge in [-0.2, -0.15) is 5.10 Å². The van der Waals surface area contributed by atoms with Gasteiger partial charge in [-0.15, -0.1) is 0 Å². The summed E-state index contributed by atoms with van der Waals surface area (Å²) < 4.78 is 56.4. The molecular formula is C33H27F2N9O2S. The number of aromatic nitrogens is 7. The number of aromatic amines is 2. The number of pyridine rings is 3. The zero-order chi connectivity index (χ0) is 32.5. The fourth-order valence-corrected chi connectivity index (χ4v) is 5.82. The third kappa shape index (κ3) is 6.47. The van der Waals surface area contributed by atoms with Crippen LogP contribution in [0.1, 0.15) is 16.7 Å². The van der Waals surface area contributed by atoms with Crippen LogP contribution in [-0.2, 0) is 29.7 Å². The predicted octanol–water partition coefficient (Wildman–Crippen LogP) is 5.24. The zero-order valence-corrected chi connectivity index (χ0v) is 25.7. The molecular weight excluding hydrogens is 624 g/mol. The highest BCUT2D eigenvalue weighted by Gasteiger charge is 2.22. The third-order valence-electron chi connectivity index (χ3n) is 7.54. The van der Waals surface area contributed by atoms with E-state index in [-0.39, 0.29) is 29.1 Å². The average molecular weight is 652 g/mol. The lowest BCUT2D eigenvalue weighted by molar-refractivity contribution is 0.586. The Bertz CT molecular complexity index is 2360. The van der Waals surface area contributed by atoms with E-state index in [1.54, 1.807) is 24.7 Å². The Labute approximate surface area is 267 Å². The number of halogens is 2. The van der Waals surface area contributed by atoms with Crippen molar-refractivity contribution in [3.05, 3.63) is 114 Å². The summed E-state index contributed by atoms with van der Waals surface area (Å²) in [5, 5.41) is 10.8. The number of imidazole rings is 1. The van der Waals surface area contributed by atoms with Crippen molar-refractivity contribution in [2.75, 3.05) is 6.26 Å². The molecule has 47 heavy (non-hydrogen) atoms.